The fraction of sp³-hybridized carbons (Fsp3) is 0. The first-order valence-corrected chi connectivity index (χ1v) is 0.716. The minimum absolute atomic E-state index is 0. The minimum atomic E-state index is -1.33. The van der Waals surface area contributed by atoms with Gasteiger partial charge in [0.1, 0.15) is 0 Å². The Morgan fingerprint density at radius 3 is 1.80 bits per heavy atom. The van der Waals surface area contributed by atoms with E-state index in [0.717, 1.165) is 0 Å². The van der Waals surface area contributed by atoms with E-state index in [9.17, 15) is 0 Å². The SMILES string of the molecule is NC(=O)O.[BiH3]. The third kappa shape index (κ3) is 821. The summed E-state index contributed by atoms with van der Waals surface area (Å²) in [4.78, 5) is 8.78. The van der Waals surface area contributed by atoms with Crippen LogP contribution in [0.3, 0.4) is 0 Å². The molecular formula is CH6BiNO2. The molecule has 0 heterocycles. The van der Waals surface area contributed by atoms with Crippen molar-refractivity contribution in [1.29, 1.82) is 0 Å². The molecule has 0 aromatic heterocycles. The van der Waals surface area contributed by atoms with Gasteiger partial charge in [0.05, 0.1) is 0 Å². The third-order valence-corrected chi connectivity index (χ3v) is 0. The zero-order chi connectivity index (χ0) is 3.58. The van der Waals surface area contributed by atoms with E-state index in [4.69, 9.17) is 9.90 Å². The maximum atomic E-state index is 8.78. The van der Waals surface area contributed by atoms with Crippen LogP contribution in [0.4, 0.5) is 4.79 Å². The van der Waals surface area contributed by atoms with Crippen LogP contribution >= 0.6 is 0 Å². The molecule has 0 aliphatic carbocycles. The van der Waals surface area contributed by atoms with Gasteiger partial charge in [-0.2, -0.15) is 0 Å². The van der Waals surface area contributed by atoms with Crippen molar-refractivity contribution in [1.82, 2.24) is 0 Å². The molecular weight excluding hydrogens is 267 g/mol. The predicted molar refractivity (Wildman–Crippen MR) is 22.2 cm³/mol. The van der Waals surface area contributed by atoms with Gasteiger partial charge in [0, 0.05) is 0 Å². The van der Waals surface area contributed by atoms with Gasteiger partial charge in [-0.1, -0.05) is 0 Å². The molecule has 0 saturated heterocycles. The second kappa shape index (κ2) is 4.15. The molecule has 5 heavy (non-hydrogen) atoms. The zero-order valence-corrected chi connectivity index (χ0v) is 8.14. The molecule has 0 rings (SSSR count). The van der Waals surface area contributed by atoms with Crippen LogP contribution in [0.15, 0.2) is 0 Å². The van der Waals surface area contributed by atoms with Gasteiger partial charge >= 0.3 is 32.3 Å². The summed E-state index contributed by atoms with van der Waals surface area (Å²) in [5, 5.41) is 7.19. The fourth-order valence-corrected chi connectivity index (χ4v) is 0. The van der Waals surface area contributed by atoms with Crippen LogP contribution in [0.5, 0.6) is 0 Å². The summed E-state index contributed by atoms with van der Waals surface area (Å²) in [6, 6.07) is 0. The van der Waals surface area contributed by atoms with Crippen molar-refractivity contribution < 1.29 is 9.90 Å². The predicted octanol–water partition coefficient (Wildman–Crippen LogP) is -1.56. The summed E-state index contributed by atoms with van der Waals surface area (Å²) in [6.45, 7) is 0. The summed E-state index contributed by atoms with van der Waals surface area (Å²) < 4.78 is 0. The maximum absolute atomic E-state index is 8.78. The third-order valence-electron chi connectivity index (χ3n) is 0. The van der Waals surface area contributed by atoms with E-state index < -0.39 is 6.09 Å². The van der Waals surface area contributed by atoms with E-state index >= 15 is 0 Å². The van der Waals surface area contributed by atoms with Gasteiger partial charge < -0.3 is 10.8 Å². The van der Waals surface area contributed by atoms with Gasteiger partial charge in [0.2, 0.25) is 0 Å². The van der Waals surface area contributed by atoms with Crippen LogP contribution in [0.25, 0.3) is 0 Å². The Morgan fingerprint density at radius 1 is 1.80 bits per heavy atom. The number of amides is 1. The average Bonchev–Trinajstić information content (AvgIpc) is 0.811. The van der Waals surface area contributed by atoms with E-state index in [1.807, 2.05) is 0 Å². The topological polar surface area (TPSA) is 63.3 Å². The average molecular weight is 273 g/mol. The van der Waals surface area contributed by atoms with E-state index in [0.29, 0.717) is 0 Å². The Balaban J connectivity index is 0. The summed E-state index contributed by atoms with van der Waals surface area (Å²) in [7, 11) is 0. The quantitative estimate of drug-likeness (QED) is 0.524. The van der Waals surface area contributed by atoms with Gasteiger partial charge in [-0.25, -0.2) is 4.79 Å². The number of carbonyl (C=O) groups is 1. The van der Waals surface area contributed by atoms with Crippen molar-refractivity contribution in [2.45, 2.75) is 0 Å². The van der Waals surface area contributed by atoms with Crippen LogP contribution in [0.2, 0.25) is 0 Å². The summed E-state index contributed by atoms with van der Waals surface area (Å²) >= 11 is 0. The number of hydrogen-bond acceptors (Lipinski definition) is 1. The standard InChI is InChI=1S/CH3NO2.Bi.3H/c2-1(3)4;;;;/h2H2,(H,3,4);;;;. The van der Waals surface area contributed by atoms with E-state index in [1.165, 1.54) is 0 Å². The monoisotopic (exact) mass is 273 g/mol. The zero-order valence-electron chi connectivity index (χ0n) is 2.64. The van der Waals surface area contributed by atoms with Crippen LogP contribution < -0.4 is 5.73 Å². The second-order valence-electron chi connectivity index (χ2n) is 0.338. The molecule has 0 aliphatic rings. The van der Waals surface area contributed by atoms with Crippen molar-refractivity contribution in [3.05, 3.63) is 0 Å². The van der Waals surface area contributed by atoms with Gasteiger partial charge in [0.25, 0.3) is 0 Å². The second-order valence-corrected chi connectivity index (χ2v) is 0.338. The van der Waals surface area contributed by atoms with Crippen molar-refractivity contribution in [3.63, 3.8) is 0 Å². The Labute approximate surface area is 48.3 Å². The molecule has 32 valence electrons. The Kier molecular flexibility index (Phi) is 7.43. The Bertz CT molecular complexity index is 32.6. The summed E-state index contributed by atoms with van der Waals surface area (Å²) in [6.07, 6.45) is -1.33. The van der Waals surface area contributed by atoms with Gasteiger partial charge in [-0.15, -0.1) is 0 Å². The molecule has 0 atom stereocenters. The van der Waals surface area contributed by atoms with Crippen LogP contribution in [0, 0.1) is 0 Å². The van der Waals surface area contributed by atoms with Crippen molar-refractivity contribution in [2.24, 2.45) is 5.73 Å². The van der Waals surface area contributed by atoms with Gasteiger partial charge in [-0.05, 0) is 0 Å². The molecule has 0 aromatic carbocycles. The molecule has 0 fully saturated rings. The molecule has 0 unspecified atom stereocenters. The molecule has 0 aromatic rings. The summed E-state index contributed by atoms with van der Waals surface area (Å²) in [5.74, 6) is 0. The Morgan fingerprint density at radius 2 is 1.80 bits per heavy atom. The number of nitrogens with two attached hydrogens (primary N) is 1. The molecule has 3 N–H and O–H groups in total. The number of carboxylic acid groups (broad SMARTS) is 1. The van der Waals surface area contributed by atoms with Gasteiger partial charge in [0.15, 0.2) is 0 Å². The molecule has 0 aliphatic heterocycles. The number of primary amides is 1. The van der Waals surface area contributed by atoms with Crippen molar-refractivity contribution in [2.75, 3.05) is 0 Å². The first kappa shape index (κ1) is 8.94. The molecule has 0 bridgehead atoms. The van der Waals surface area contributed by atoms with E-state index in [1.54, 1.807) is 0 Å². The molecule has 4 heteroatoms. The van der Waals surface area contributed by atoms with Crippen LogP contribution in [0.1, 0.15) is 0 Å². The molecule has 0 spiro atoms. The first-order chi connectivity index (χ1) is 1.73. The molecule has 1 amide bonds. The number of hydrogen-bond donors (Lipinski definition) is 2. The molecule has 3 nitrogen and oxygen atoms in total. The van der Waals surface area contributed by atoms with Crippen LogP contribution in [-0.4, -0.2) is 37.4 Å². The molecule has 0 radical (unpaired) electrons. The van der Waals surface area contributed by atoms with Crippen molar-refractivity contribution in [3.8, 4) is 0 Å². The normalized spacial score (nSPS) is 4.80. The van der Waals surface area contributed by atoms with Crippen molar-refractivity contribution >= 4 is 32.3 Å². The Hall–Kier alpha value is 0.153. The first-order valence-electron chi connectivity index (χ1n) is 0.716. The fourth-order valence-electron chi connectivity index (χ4n) is 0. The summed E-state index contributed by atoms with van der Waals surface area (Å²) in [5.41, 5.74) is 4.03. The molecule has 0 saturated carbocycles. The van der Waals surface area contributed by atoms with Crippen LogP contribution in [-0.2, 0) is 0 Å². The van der Waals surface area contributed by atoms with E-state index in [-0.39, 0.29) is 26.2 Å². The van der Waals surface area contributed by atoms with E-state index in [2.05, 4.69) is 5.73 Å². The number of rotatable bonds is 0. The van der Waals surface area contributed by atoms with Gasteiger partial charge in [-0.3, -0.25) is 0 Å².